The van der Waals surface area contributed by atoms with Gasteiger partial charge in [0.25, 0.3) is 0 Å². The van der Waals surface area contributed by atoms with Crippen LogP contribution in [0, 0.1) is 10.1 Å². The molecule has 0 fully saturated rings. The fourth-order valence-corrected chi connectivity index (χ4v) is 1.80. The maximum atomic E-state index is 12.5. The number of para-hydroxylation sites is 2. The van der Waals surface area contributed by atoms with E-state index in [4.69, 9.17) is 4.74 Å². The first kappa shape index (κ1) is 13.9. The molecule has 0 N–H and O–H groups in total. The normalized spacial score (nSPS) is 10.6. The van der Waals surface area contributed by atoms with Gasteiger partial charge in [-0.15, -0.1) is 0 Å². The number of benzene rings is 2. The van der Waals surface area contributed by atoms with Crippen molar-refractivity contribution >= 4 is 5.69 Å². The molecule has 0 aliphatic heterocycles. The van der Waals surface area contributed by atoms with Crippen molar-refractivity contribution in [1.82, 2.24) is 0 Å². The summed E-state index contributed by atoms with van der Waals surface area (Å²) in [7, 11) is 0. The van der Waals surface area contributed by atoms with E-state index in [-0.39, 0.29) is 11.3 Å². The number of ether oxygens (including phenoxy) is 1. The Labute approximate surface area is 113 Å². The number of nitrogens with zero attached hydrogens (tertiary/aromatic N) is 1. The van der Waals surface area contributed by atoms with Gasteiger partial charge >= 0.3 is 5.69 Å². The van der Waals surface area contributed by atoms with Crippen molar-refractivity contribution in [3.63, 3.8) is 0 Å². The molecule has 0 amide bonds. The molecule has 104 valence electrons. The predicted octanol–water partition coefficient (Wildman–Crippen LogP) is 4.19. The molecule has 4 nitrogen and oxygen atoms in total. The van der Waals surface area contributed by atoms with Crippen LogP contribution in [0.2, 0.25) is 0 Å². The van der Waals surface area contributed by atoms with Gasteiger partial charge in [-0.2, -0.15) is 0 Å². The fraction of sp³-hybridized carbons (Fsp3) is 0.143. The highest BCUT2D eigenvalue weighted by Gasteiger charge is 2.23. The summed E-state index contributed by atoms with van der Waals surface area (Å²) in [6.07, 6.45) is -3.33. The highest BCUT2D eigenvalue weighted by Crippen LogP contribution is 2.35. The minimum absolute atomic E-state index is 0.0423. The Balaban J connectivity index is 2.39. The van der Waals surface area contributed by atoms with Crippen LogP contribution >= 0.6 is 0 Å². The van der Waals surface area contributed by atoms with Crippen molar-refractivity contribution < 1.29 is 18.4 Å². The Morgan fingerprint density at radius 2 is 1.80 bits per heavy atom. The van der Waals surface area contributed by atoms with Gasteiger partial charge in [-0.3, -0.25) is 10.1 Å². The van der Waals surface area contributed by atoms with Crippen molar-refractivity contribution in [3.05, 3.63) is 64.2 Å². The largest absolute Gasteiger partial charge is 0.450 e. The molecule has 2 rings (SSSR count). The second kappa shape index (κ2) is 6.10. The summed E-state index contributed by atoms with van der Waals surface area (Å²) in [4.78, 5) is 10.4. The first-order chi connectivity index (χ1) is 9.58. The van der Waals surface area contributed by atoms with Crippen LogP contribution in [0.1, 0.15) is 5.56 Å². The highest BCUT2D eigenvalue weighted by atomic mass is 19.3. The Bertz CT molecular complexity index is 603. The van der Waals surface area contributed by atoms with E-state index in [9.17, 15) is 18.9 Å². The van der Waals surface area contributed by atoms with E-state index in [1.165, 1.54) is 18.2 Å². The van der Waals surface area contributed by atoms with E-state index >= 15 is 0 Å². The van der Waals surface area contributed by atoms with E-state index in [1.54, 1.807) is 30.3 Å². The molecule has 2 aromatic carbocycles. The summed E-state index contributed by atoms with van der Waals surface area (Å²) in [6, 6.07) is 12.6. The monoisotopic (exact) mass is 279 g/mol. The standard InChI is InChI=1S/C14H11F2NO3/c15-13(16)9-10-5-4-8-12(14(10)17(18)19)20-11-6-2-1-3-7-11/h1-8,13H,9H2. The third-order valence-corrected chi connectivity index (χ3v) is 2.61. The summed E-state index contributed by atoms with van der Waals surface area (Å²) in [6.45, 7) is 0. The molecule has 2 aromatic rings. The number of halogens is 2. The lowest BCUT2D eigenvalue weighted by Crippen LogP contribution is -2.03. The van der Waals surface area contributed by atoms with Gasteiger partial charge in [0.2, 0.25) is 12.2 Å². The van der Waals surface area contributed by atoms with Crippen molar-refractivity contribution in [1.29, 1.82) is 0 Å². The number of nitro groups is 1. The average molecular weight is 279 g/mol. The van der Waals surface area contributed by atoms with E-state index in [2.05, 4.69) is 0 Å². The maximum Gasteiger partial charge on any atom is 0.314 e. The molecule has 0 spiro atoms. The lowest BCUT2D eigenvalue weighted by atomic mass is 10.1. The zero-order chi connectivity index (χ0) is 14.5. The van der Waals surface area contributed by atoms with E-state index in [0.29, 0.717) is 5.75 Å². The smallest absolute Gasteiger partial charge is 0.314 e. The predicted molar refractivity (Wildman–Crippen MR) is 69.3 cm³/mol. The summed E-state index contributed by atoms with van der Waals surface area (Å²) in [5, 5.41) is 11.1. The number of hydrogen-bond donors (Lipinski definition) is 0. The third kappa shape index (κ3) is 3.28. The zero-order valence-electron chi connectivity index (χ0n) is 10.3. The molecule has 0 aliphatic carbocycles. The molecule has 0 aliphatic rings. The lowest BCUT2D eigenvalue weighted by Gasteiger charge is -2.09. The second-order valence-electron chi connectivity index (χ2n) is 4.03. The molecule has 20 heavy (non-hydrogen) atoms. The number of alkyl halides is 2. The second-order valence-corrected chi connectivity index (χ2v) is 4.03. The van der Waals surface area contributed by atoms with Crippen molar-refractivity contribution in [2.45, 2.75) is 12.8 Å². The van der Waals surface area contributed by atoms with E-state index in [1.807, 2.05) is 0 Å². The van der Waals surface area contributed by atoms with Crippen LogP contribution < -0.4 is 4.74 Å². The quantitative estimate of drug-likeness (QED) is 0.609. The first-order valence-corrected chi connectivity index (χ1v) is 5.85. The van der Waals surface area contributed by atoms with Crippen molar-refractivity contribution in [2.75, 3.05) is 0 Å². The van der Waals surface area contributed by atoms with Crippen molar-refractivity contribution in [3.8, 4) is 11.5 Å². The summed E-state index contributed by atoms with van der Waals surface area (Å²) >= 11 is 0. The number of rotatable bonds is 5. The van der Waals surface area contributed by atoms with Crippen molar-refractivity contribution in [2.24, 2.45) is 0 Å². The molecule has 0 saturated heterocycles. The molecule has 0 aromatic heterocycles. The molecular weight excluding hydrogens is 268 g/mol. The Morgan fingerprint density at radius 3 is 2.40 bits per heavy atom. The van der Waals surface area contributed by atoms with Crippen LogP contribution in [0.25, 0.3) is 0 Å². The van der Waals surface area contributed by atoms with Gasteiger partial charge < -0.3 is 4.74 Å². The van der Waals surface area contributed by atoms with Crippen LogP contribution in [0.3, 0.4) is 0 Å². The van der Waals surface area contributed by atoms with Crippen LogP contribution in [-0.4, -0.2) is 11.3 Å². The SMILES string of the molecule is O=[N+]([O-])c1c(CC(F)F)cccc1Oc1ccccc1. The lowest BCUT2D eigenvalue weighted by molar-refractivity contribution is -0.386. The maximum absolute atomic E-state index is 12.5. The summed E-state index contributed by atoms with van der Waals surface area (Å²) < 4.78 is 30.3. The molecule has 0 heterocycles. The third-order valence-electron chi connectivity index (χ3n) is 2.61. The van der Waals surface area contributed by atoms with Crippen LogP contribution in [0.5, 0.6) is 11.5 Å². The fourth-order valence-electron chi connectivity index (χ4n) is 1.80. The summed E-state index contributed by atoms with van der Waals surface area (Å²) in [5.74, 6) is 0.365. The van der Waals surface area contributed by atoms with Gasteiger partial charge in [-0.05, 0) is 18.2 Å². The van der Waals surface area contributed by atoms with Crippen LogP contribution in [0.4, 0.5) is 14.5 Å². The molecular formula is C14H11F2NO3. The van der Waals surface area contributed by atoms with Crippen LogP contribution in [0.15, 0.2) is 48.5 Å². The van der Waals surface area contributed by atoms with Crippen LogP contribution in [-0.2, 0) is 6.42 Å². The minimum atomic E-state index is -2.65. The summed E-state index contributed by atoms with van der Waals surface area (Å²) in [5.41, 5.74) is -0.463. The highest BCUT2D eigenvalue weighted by molar-refractivity contribution is 5.54. The number of hydrogen-bond acceptors (Lipinski definition) is 3. The molecule has 0 atom stereocenters. The van der Waals surface area contributed by atoms with Gasteiger partial charge in [0.1, 0.15) is 5.75 Å². The molecule has 0 bridgehead atoms. The van der Waals surface area contributed by atoms with Gasteiger partial charge in [-0.1, -0.05) is 30.3 Å². The zero-order valence-corrected chi connectivity index (χ0v) is 10.3. The molecule has 6 heteroatoms. The van der Waals surface area contributed by atoms with Gasteiger partial charge in [0, 0.05) is 12.0 Å². The van der Waals surface area contributed by atoms with E-state index < -0.39 is 23.5 Å². The Morgan fingerprint density at radius 1 is 1.10 bits per heavy atom. The Kier molecular flexibility index (Phi) is 4.24. The molecule has 0 radical (unpaired) electrons. The molecule has 0 saturated carbocycles. The van der Waals surface area contributed by atoms with Gasteiger partial charge in [-0.25, -0.2) is 8.78 Å². The average Bonchev–Trinajstić information content (AvgIpc) is 2.39. The Hall–Kier alpha value is -2.50. The topological polar surface area (TPSA) is 52.4 Å². The first-order valence-electron chi connectivity index (χ1n) is 5.85. The van der Waals surface area contributed by atoms with Gasteiger partial charge in [0.15, 0.2) is 0 Å². The number of nitro benzene ring substituents is 1. The van der Waals surface area contributed by atoms with E-state index in [0.717, 1.165) is 0 Å². The minimum Gasteiger partial charge on any atom is -0.450 e. The van der Waals surface area contributed by atoms with Gasteiger partial charge in [0.05, 0.1) is 4.92 Å². The molecule has 0 unspecified atom stereocenters.